The molecule has 0 aromatic rings. The fourth-order valence-electron chi connectivity index (χ4n) is 0. The van der Waals surface area contributed by atoms with Crippen LogP contribution in [0.15, 0.2) is 0 Å². The van der Waals surface area contributed by atoms with Crippen LogP contribution in [-0.4, -0.2) is 5.52 Å². The van der Waals surface area contributed by atoms with Gasteiger partial charge in [0.2, 0.25) is 0 Å². The fraction of sp³-hybridized carbons (Fsp3) is 0.500. The van der Waals surface area contributed by atoms with Crippen LogP contribution < -0.4 is 5.50 Å². The average Bonchev–Trinajstić information content (AvgIpc) is 1.38. The summed E-state index contributed by atoms with van der Waals surface area (Å²) in [6.07, 6.45) is 0. The number of carbonyl (C=O) groups is 1. The van der Waals surface area contributed by atoms with Gasteiger partial charge in [-0.2, -0.15) is 0 Å². The molecule has 0 rings (SSSR count). The van der Waals surface area contributed by atoms with Gasteiger partial charge < -0.3 is 0 Å². The van der Waals surface area contributed by atoms with E-state index in [1.54, 1.807) is 0 Å². The van der Waals surface area contributed by atoms with Gasteiger partial charge in [0.25, 0.3) is 0 Å². The largest absolute Gasteiger partial charge is 0.294 e. The Morgan fingerprint density at radius 3 is 2.20 bits per heavy atom. The van der Waals surface area contributed by atoms with Crippen LogP contribution in [0.5, 0.6) is 0 Å². The van der Waals surface area contributed by atoms with Crippen LogP contribution >= 0.6 is 8.73 Å². The first kappa shape index (κ1) is 5.06. The first-order valence-corrected chi connectivity index (χ1v) is 2.12. The van der Waals surface area contributed by atoms with Crippen molar-refractivity contribution in [2.75, 3.05) is 0 Å². The molecule has 0 N–H and O–H groups in total. The minimum atomic E-state index is -0.525. The van der Waals surface area contributed by atoms with Crippen LogP contribution in [0.25, 0.3) is 0 Å². The summed E-state index contributed by atoms with van der Waals surface area (Å²) in [5.74, 6) is 0. The molecule has 28 valence electrons. The Morgan fingerprint density at radius 1 is 2.00 bits per heavy atom. The molecule has 0 bridgehead atoms. The van der Waals surface area contributed by atoms with Crippen LogP contribution in [0, 0.1) is 0 Å². The van der Waals surface area contributed by atoms with Crippen molar-refractivity contribution in [2.24, 2.45) is 0 Å². The fourth-order valence-corrected chi connectivity index (χ4v) is 0. The van der Waals surface area contributed by atoms with Gasteiger partial charge in [0, 0.05) is 0 Å². The summed E-state index contributed by atoms with van der Waals surface area (Å²) in [4.78, 5) is 9.57. The predicted molar refractivity (Wildman–Crippen MR) is 21.1 cm³/mol. The van der Waals surface area contributed by atoms with Crippen molar-refractivity contribution < 1.29 is 4.79 Å². The average molecular weight is 89.0 g/mol. The van der Waals surface area contributed by atoms with Crippen molar-refractivity contribution in [2.45, 2.75) is 6.92 Å². The molecule has 0 spiro atoms. The Balaban J connectivity index is 2.85. The second kappa shape index (κ2) is 2.31. The lowest BCUT2D eigenvalue weighted by Gasteiger charge is -1.69. The van der Waals surface area contributed by atoms with Gasteiger partial charge >= 0.3 is 0 Å². The lowest BCUT2D eigenvalue weighted by atomic mass is 10.9. The highest BCUT2D eigenvalue weighted by molar-refractivity contribution is 7.55. The molecule has 0 saturated carbocycles. The Kier molecular flexibility index (Phi) is 2.33. The van der Waals surface area contributed by atoms with E-state index in [9.17, 15) is 4.79 Å². The highest BCUT2D eigenvalue weighted by Crippen LogP contribution is 1.96. The van der Waals surface area contributed by atoms with E-state index in [0.717, 1.165) is 0 Å². The summed E-state index contributed by atoms with van der Waals surface area (Å²) in [7, 11) is -0.525. The van der Waals surface area contributed by atoms with Crippen molar-refractivity contribution in [3.05, 3.63) is 0 Å². The zero-order valence-electron chi connectivity index (χ0n) is 2.86. The van der Waals surface area contributed by atoms with Gasteiger partial charge in [-0.15, -0.1) is 5.50 Å². The quantitative estimate of drug-likeness (QED) is 0.423. The zero-order valence-corrected chi connectivity index (χ0v) is 3.86. The number of hydrogen-bond acceptors (Lipinski definition) is 1. The molecule has 0 amide bonds. The van der Waals surface area contributed by atoms with Crippen molar-refractivity contribution in [3.8, 4) is 0 Å². The third-order valence-electron chi connectivity index (χ3n) is 0.157. The van der Waals surface area contributed by atoms with E-state index in [2.05, 4.69) is 0 Å². The second-order valence-corrected chi connectivity index (χ2v) is 1.60. The van der Waals surface area contributed by atoms with Gasteiger partial charge in [-0.05, 0) is 6.92 Å². The standard InChI is InChI=1S/C2H4NOP/c1-2(4)5-3/h5H,1H3. The molecule has 3 heteroatoms. The maximum absolute atomic E-state index is 9.57. The molecule has 1 atom stereocenters. The van der Waals surface area contributed by atoms with Gasteiger partial charge in [0.15, 0.2) is 5.52 Å². The van der Waals surface area contributed by atoms with Crippen molar-refractivity contribution in [1.29, 1.82) is 0 Å². The molecule has 0 fully saturated rings. The van der Waals surface area contributed by atoms with Crippen LogP contribution in [0.3, 0.4) is 0 Å². The summed E-state index contributed by atoms with van der Waals surface area (Å²) >= 11 is 0. The normalized spacial score (nSPS) is 10.0. The van der Waals surface area contributed by atoms with E-state index in [4.69, 9.17) is 5.50 Å². The number of carbonyl (C=O) groups excluding carboxylic acids is 1. The van der Waals surface area contributed by atoms with Crippen molar-refractivity contribution >= 4 is 14.3 Å². The first-order chi connectivity index (χ1) is 2.27. The van der Waals surface area contributed by atoms with Gasteiger partial charge in [0.05, 0.1) is 8.73 Å². The Bertz CT molecular complexity index is 44.9. The van der Waals surface area contributed by atoms with E-state index in [-0.39, 0.29) is 5.52 Å². The van der Waals surface area contributed by atoms with E-state index in [0.29, 0.717) is 0 Å². The van der Waals surface area contributed by atoms with Gasteiger partial charge in [-0.3, -0.25) is 4.79 Å². The lowest BCUT2D eigenvalue weighted by molar-refractivity contribution is -0.109. The van der Waals surface area contributed by atoms with Crippen molar-refractivity contribution in [3.63, 3.8) is 0 Å². The van der Waals surface area contributed by atoms with Crippen LogP contribution in [0.4, 0.5) is 0 Å². The van der Waals surface area contributed by atoms with E-state index in [1.165, 1.54) is 6.92 Å². The molecule has 0 saturated heterocycles. The van der Waals surface area contributed by atoms with Gasteiger partial charge in [-0.1, -0.05) is 0 Å². The van der Waals surface area contributed by atoms with Gasteiger partial charge in [-0.25, -0.2) is 0 Å². The molecule has 0 aromatic heterocycles. The van der Waals surface area contributed by atoms with Crippen LogP contribution in [0.2, 0.25) is 0 Å². The highest BCUT2D eigenvalue weighted by atomic mass is 31.1. The number of hydrogen-bond donors (Lipinski definition) is 0. The van der Waals surface area contributed by atoms with Crippen LogP contribution in [-0.2, 0) is 4.79 Å². The lowest BCUT2D eigenvalue weighted by Crippen LogP contribution is -1.71. The Morgan fingerprint density at radius 2 is 2.20 bits per heavy atom. The molecular weight excluding hydrogens is 85.0 g/mol. The monoisotopic (exact) mass is 89.0 g/mol. The van der Waals surface area contributed by atoms with E-state index < -0.39 is 8.73 Å². The molecule has 1 unspecified atom stereocenters. The highest BCUT2D eigenvalue weighted by Gasteiger charge is 1.79. The SMILES string of the molecule is CC(=O)P[N]. The van der Waals surface area contributed by atoms with Crippen molar-refractivity contribution in [1.82, 2.24) is 5.50 Å². The van der Waals surface area contributed by atoms with Crippen LogP contribution in [0.1, 0.15) is 6.92 Å². The summed E-state index contributed by atoms with van der Waals surface area (Å²) < 4.78 is 0. The van der Waals surface area contributed by atoms with Gasteiger partial charge in [0.1, 0.15) is 0 Å². The van der Waals surface area contributed by atoms with E-state index >= 15 is 0 Å². The predicted octanol–water partition coefficient (Wildman–Crippen LogP) is 0.195. The maximum atomic E-state index is 9.57. The zero-order chi connectivity index (χ0) is 4.28. The second-order valence-electron chi connectivity index (χ2n) is 0.668. The minimum absolute atomic E-state index is 0.162. The summed E-state index contributed by atoms with van der Waals surface area (Å²) in [6.45, 7) is 1.35. The number of rotatable bonds is 1. The third kappa shape index (κ3) is 4.06. The molecule has 0 aliphatic rings. The number of nitrogens with zero attached hydrogens (tertiary/aromatic N) is 1. The topological polar surface area (TPSA) is 39.4 Å². The summed E-state index contributed by atoms with van der Waals surface area (Å²) in [5, 5.41) is 0. The molecule has 0 aliphatic carbocycles. The molecule has 0 aliphatic heterocycles. The minimum Gasteiger partial charge on any atom is -0.294 e. The summed E-state index contributed by atoms with van der Waals surface area (Å²) in [5.41, 5.74) is 7.66. The molecule has 0 aromatic carbocycles. The third-order valence-corrected chi connectivity index (χ3v) is 0.472. The Hall–Kier alpha value is 0.0600. The molecular formula is C2H4NOP. The molecule has 2 radical (unpaired) electrons. The smallest absolute Gasteiger partial charge is 0.166 e. The molecule has 0 heterocycles. The first-order valence-electron chi connectivity index (χ1n) is 1.18. The Labute approximate surface area is 32.6 Å². The summed E-state index contributed by atoms with van der Waals surface area (Å²) in [6, 6.07) is 0. The molecule has 2 nitrogen and oxygen atoms in total. The maximum Gasteiger partial charge on any atom is 0.166 e. The van der Waals surface area contributed by atoms with E-state index in [1.807, 2.05) is 0 Å². The molecule has 5 heavy (non-hydrogen) atoms.